The highest BCUT2D eigenvalue weighted by atomic mass is 32.1. The van der Waals surface area contributed by atoms with Crippen LogP contribution in [0.15, 0.2) is 30.3 Å². The molecule has 27 heavy (non-hydrogen) atoms. The molecule has 0 unspecified atom stereocenters. The number of piperidine rings is 1. The number of aryl methyl sites for hydroxylation is 1. The molecule has 8 heteroatoms. The van der Waals surface area contributed by atoms with Gasteiger partial charge in [0.1, 0.15) is 10.7 Å². The third kappa shape index (κ3) is 3.30. The summed E-state index contributed by atoms with van der Waals surface area (Å²) in [6.45, 7) is 3.49. The van der Waals surface area contributed by atoms with Gasteiger partial charge in [-0.2, -0.15) is 4.52 Å². The van der Waals surface area contributed by atoms with Gasteiger partial charge in [0.25, 0.3) is 0 Å². The topological polar surface area (TPSA) is 81.2 Å². The first-order valence-electron chi connectivity index (χ1n) is 9.11. The number of carbonyl (C=O) groups is 1. The number of quaternary nitrogens is 1. The second-order valence-electron chi connectivity index (χ2n) is 6.94. The van der Waals surface area contributed by atoms with Crippen molar-refractivity contribution in [1.82, 2.24) is 14.6 Å². The van der Waals surface area contributed by atoms with Crippen LogP contribution in [0.5, 0.6) is 5.88 Å². The zero-order valence-electron chi connectivity index (χ0n) is 15.4. The van der Waals surface area contributed by atoms with Crippen molar-refractivity contribution in [2.75, 3.05) is 20.2 Å². The molecule has 1 saturated heterocycles. The third-order valence-electron chi connectivity index (χ3n) is 5.27. The molecule has 1 atom stereocenters. The number of aromatic nitrogens is 3. The zero-order valence-corrected chi connectivity index (χ0v) is 16.2. The van der Waals surface area contributed by atoms with E-state index in [1.54, 1.807) is 0 Å². The maximum atomic E-state index is 11.9. The highest BCUT2D eigenvalue weighted by Gasteiger charge is 2.37. The highest BCUT2D eigenvalue weighted by Crippen LogP contribution is 2.35. The van der Waals surface area contributed by atoms with Gasteiger partial charge in [0, 0.05) is 18.4 Å². The van der Waals surface area contributed by atoms with Gasteiger partial charge in [0.05, 0.1) is 26.1 Å². The Morgan fingerprint density at radius 1 is 1.33 bits per heavy atom. The molecule has 7 nitrogen and oxygen atoms in total. The van der Waals surface area contributed by atoms with E-state index in [0.29, 0.717) is 10.8 Å². The summed E-state index contributed by atoms with van der Waals surface area (Å²) in [4.78, 5) is 19.2. The van der Waals surface area contributed by atoms with Crippen molar-refractivity contribution in [3.8, 4) is 5.88 Å². The molecule has 0 amide bonds. The molecule has 2 aromatic heterocycles. The zero-order chi connectivity index (χ0) is 19.0. The van der Waals surface area contributed by atoms with Gasteiger partial charge in [-0.3, -0.25) is 4.79 Å². The van der Waals surface area contributed by atoms with Crippen molar-refractivity contribution >= 4 is 22.3 Å². The Hall–Kier alpha value is -2.45. The molecule has 0 saturated carbocycles. The van der Waals surface area contributed by atoms with Gasteiger partial charge >= 0.3 is 5.97 Å². The molecule has 1 aromatic carbocycles. The average molecular weight is 387 g/mol. The summed E-state index contributed by atoms with van der Waals surface area (Å²) in [5.74, 6) is 0.647. The molecule has 4 rings (SSSR count). The number of carbonyl (C=O) groups excluding carboxylic acids is 1. The summed E-state index contributed by atoms with van der Waals surface area (Å²) >= 11 is 1.48. The van der Waals surface area contributed by atoms with Gasteiger partial charge in [0.2, 0.25) is 10.8 Å². The Morgan fingerprint density at radius 3 is 2.67 bits per heavy atom. The van der Waals surface area contributed by atoms with Gasteiger partial charge in [-0.05, 0) is 6.92 Å². The second kappa shape index (κ2) is 7.28. The monoisotopic (exact) mass is 387 g/mol. The first kappa shape index (κ1) is 17.9. The molecule has 3 aromatic rings. The fourth-order valence-corrected chi connectivity index (χ4v) is 5.12. The average Bonchev–Trinajstić information content (AvgIpc) is 3.20. The summed E-state index contributed by atoms with van der Waals surface area (Å²) in [5, 5.41) is 15.1. The van der Waals surface area contributed by atoms with E-state index in [1.165, 1.54) is 27.9 Å². The minimum absolute atomic E-state index is 0.0152. The van der Waals surface area contributed by atoms with Crippen LogP contribution < -0.4 is 4.90 Å². The summed E-state index contributed by atoms with van der Waals surface area (Å²) in [7, 11) is 1.45. The molecule has 1 aliphatic rings. The van der Waals surface area contributed by atoms with E-state index >= 15 is 0 Å². The number of ether oxygens (including phenoxy) is 1. The van der Waals surface area contributed by atoms with Gasteiger partial charge in [-0.1, -0.05) is 41.7 Å². The van der Waals surface area contributed by atoms with Gasteiger partial charge < -0.3 is 14.7 Å². The van der Waals surface area contributed by atoms with E-state index in [-0.39, 0.29) is 23.8 Å². The molecule has 0 bridgehead atoms. The predicted octanol–water partition coefficient (Wildman–Crippen LogP) is 1.36. The van der Waals surface area contributed by atoms with E-state index < -0.39 is 0 Å². The lowest BCUT2D eigenvalue weighted by atomic mass is 9.94. The lowest BCUT2D eigenvalue weighted by molar-refractivity contribution is -0.930. The number of benzene rings is 1. The van der Waals surface area contributed by atoms with Gasteiger partial charge in [0.15, 0.2) is 6.04 Å². The summed E-state index contributed by atoms with van der Waals surface area (Å²) in [6, 6.07) is 10.2. The van der Waals surface area contributed by atoms with E-state index in [0.717, 1.165) is 36.4 Å². The number of fused-ring (bicyclic) bond motifs is 1. The van der Waals surface area contributed by atoms with Crippen LogP contribution in [0, 0.1) is 12.8 Å². The number of rotatable bonds is 4. The number of likely N-dealkylation sites (tertiary alicyclic amines) is 1. The summed E-state index contributed by atoms with van der Waals surface area (Å²) in [5.41, 5.74) is 1.14. The summed E-state index contributed by atoms with van der Waals surface area (Å²) in [6.07, 6.45) is 1.57. The number of methoxy groups -OCH3 is 1. The Balaban J connectivity index is 1.69. The van der Waals surface area contributed by atoms with E-state index in [9.17, 15) is 9.90 Å². The van der Waals surface area contributed by atoms with Crippen LogP contribution in [0.3, 0.4) is 0 Å². The first-order chi connectivity index (χ1) is 13.1. The number of thiazole rings is 1. The quantitative estimate of drug-likeness (QED) is 0.661. The minimum Gasteiger partial charge on any atom is -0.492 e. The van der Waals surface area contributed by atoms with Crippen molar-refractivity contribution in [3.63, 3.8) is 0 Å². The molecular formula is C19H23N4O3S+. The smallest absolute Gasteiger partial charge is 0.309 e. The number of esters is 1. The molecule has 0 aliphatic carbocycles. The van der Waals surface area contributed by atoms with E-state index in [2.05, 4.69) is 22.2 Å². The molecule has 0 radical (unpaired) electrons. The minimum atomic E-state index is -0.123. The Kier molecular flexibility index (Phi) is 4.84. The van der Waals surface area contributed by atoms with Crippen LogP contribution in [0.2, 0.25) is 0 Å². The van der Waals surface area contributed by atoms with Crippen LogP contribution in [0.1, 0.15) is 35.1 Å². The number of nitrogens with zero attached hydrogens (tertiary/aromatic N) is 3. The molecule has 1 aliphatic heterocycles. The first-order valence-corrected chi connectivity index (χ1v) is 9.92. The summed E-state index contributed by atoms with van der Waals surface area (Å²) < 4.78 is 6.43. The lowest BCUT2D eigenvalue weighted by Gasteiger charge is -2.33. The Labute approximate surface area is 161 Å². The molecule has 2 N–H and O–H groups in total. The van der Waals surface area contributed by atoms with E-state index in [4.69, 9.17) is 4.74 Å². The molecule has 1 fully saturated rings. The maximum Gasteiger partial charge on any atom is 0.309 e. The van der Waals surface area contributed by atoms with Crippen LogP contribution in [-0.2, 0) is 9.53 Å². The molecule has 0 spiro atoms. The van der Waals surface area contributed by atoms with Gasteiger partial charge in [-0.25, -0.2) is 4.98 Å². The van der Waals surface area contributed by atoms with Crippen molar-refractivity contribution < 1.29 is 19.5 Å². The van der Waals surface area contributed by atoms with Crippen LogP contribution in [0.4, 0.5) is 0 Å². The lowest BCUT2D eigenvalue weighted by Crippen LogP contribution is -3.13. The third-order valence-corrected chi connectivity index (χ3v) is 6.36. The molecular weight excluding hydrogens is 364 g/mol. The fraction of sp³-hybridized carbons (Fsp3) is 0.421. The van der Waals surface area contributed by atoms with Crippen molar-refractivity contribution in [2.45, 2.75) is 25.8 Å². The standard InChI is InChI=1S/C19H22N4O3S/c1-12-20-19-23(21-12)17(24)16(27-19)15(13-6-4-3-5-7-13)22-10-8-14(9-11-22)18(25)26-2/h3-7,14-15,24H,8-11H2,1-2H3/p+1/t15-/m0/s1. The van der Waals surface area contributed by atoms with Crippen LogP contribution >= 0.6 is 11.3 Å². The van der Waals surface area contributed by atoms with Gasteiger partial charge in [-0.15, -0.1) is 5.10 Å². The number of aromatic hydroxyl groups is 1. The number of hydrogen-bond donors (Lipinski definition) is 2. The highest BCUT2D eigenvalue weighted by molar-refractivity contribution is 7.17. The number of nitrogens with one attached hydrogen (secondary N) is 1. The van der Waals surface area contributed by atoms with Crippen LogP contribution in [-0.4, -0.2) is 45.9 Å². The molecule has 142 valence electrons. The Bertz CT molecular complexity index is 945. The Morgan fingerprint density at radius 2 is 2.04 bits per heavy atom. The molecule has 3 heterocycles. The SMILES string of the molecule is COC(=O)C1CC[NH+]([C@@H](c2ccccc2)c2sc3nc(C)nn3c2O)CC1. The van der Waals surface area contributed by atoms with Crippen LogP contribution in [0.25, 0.3) is 4.96 Å². The van der Waals surface area contributed by atoms with Crippen molar-refractivity contribution in [1.29, 1.82) is 0 Å². The fourth-order valence-electron chi connectivity index (χ4n) is 3.93. The normalized spacial score (nSPS) is 21.3. The number of hydrogen-bond acceptors (Lipinski definition) is 6. The van der Waals surface area contributed by atoms with Crippen molar-refractivity contribution in [3.05, 3.63) is 46.6 Å². The van der Waals surface area contributed by atoms with E-state index in [1.807, 2.05) is 25.1 Å². The predicted molar refractivity (Wildman–Crippen MR) is 101 cm³/mol. The largest absolute Gasteiger partial charge is 0.492 e. The maximum absolute atomic E-state index is 11.9. The van der Waals surface area contributed by atoms with Crippen molar-refractivity contribution in [2.24, 2.45) is 5.92 Å². The second-order valence-corrected chi connectivity index (χ2v) is 7.95.